The Morgan fingerprint density at radius 1 is 0.931 bits per heavy atom. The van der Waals surface area contributed by atoms with Crippen LogP contribution in [-0.2, 0) is 4.79 Å². The second kappa shape index (κ2) is 9.09. The lowest BCUT2D eigenvalue weighted by molar-refractivity contribution is -0.906. The molecule has 0 spiro atoms. The molecule has 6 nitrogen and oxygen atoms in total. The zero-order valence-corrected chi connectivity index (χ0v) is 17.4. The van der Waals surface area contributed by atoms with Crippen molar-refractivity contribution in [1.29, 1.82) is 0 Å². The molecular formula is C23H30N3O3+. The highest BCUT2D eigenvalue weighted by atomic mass is 16.5. The van der Waals surface area contributed by atoms with Crippen LogP contribution in [0.1, 0.15) is 36.0 Å². The van der Waals surface area contributed by atoms with Gasteiger partial charge in [0.2, 0.25) is 0 Å². The van der Waals surface area contributed by atoms with E-state index in [9.17, 15) is 9.59 Å². The SMILES string of the molecule is COc1ccc(NC(=O)c2ccc(NC(=O)C[N+](C)(C)C3CCCC3)cc2)cc1. The number of carbonyl (C=O) groups excluding carboxylic acids is 2. The lowest BCUT2D eigenvalue weighted by atomic mass is 10.1. The van der Waals surface area contributed by atoms with Crippen LogP contribution in [-0.4, -0.2) is 50.1 Å². The highest BCUT2D eigenvalue weighted by Crippen LogP contribution is 2.26. The predicted octanol–water partition coefficient (Wildman–Crippen LogP) is 3.91. The molecular weight excluding hydrogens is 366 g/mol. The summed E-state index contributed by atoms with van der Waals surface area (Å²) in [5.41, 5.74) is 1.92. The summed E-state index contributed by atoms with van der Waals surface area (Å²) in [7, 11) is 5.85. The summed E-state index contributed by atoms with van der Waals surface area (Å²) < 4.78 is 5.83. The summed E-state index contributed by atoms with van der Waals surface area (Å²) in [5, 5.41) is 5.80. The first-order valence-corrected chi connectivity index (χ1v) is 10.1. The van der Waals surface area contributed by atoms with Crippen molar-refractivity contribution < 1.29 is 18.8 Å². The Labute approximate surface area is 172 Å². The van der Waals surface area contributed by atoms with Crippen LogP contribution < -0.4 is 15.4 Å². The fourth-order valence-corrected chi connectivity index (χ4v) is 3.89. The summed E-state index contributed by atoms with van der Waals surface area (Å²) in [5.74, 6) is 0.530. The number of methoxy groups -OCH3 is 1. The molecule has 154 valence electrons. The molecule has 3 rings (SSSR count). The first kappa shape index (κ1) is 20.9. The van der Waals surface area contributed by atoms with E-state index in [0.717, 1.165) is 5.75 Å². The van der Waals surface area contributed by atoms with Crippen LogP contribution in [0.5, 0.6) is 5.75 Å². The molecule has 2 N–H and O–H groups in total. The van der Waals surface area contributed by atoms with Crippen LogP contribution in [0.4, 0.5) is 11.4 Å². The van der Waals surface area contributed by atoms with Gasteiger partial charge in [0, 0.05) is 16.9 Å². The van der Waals surface area contributed by atoms with Crippen LogP contribution in [0.2, 0.25) is 0 Å². The predicted molar refractivity (Wildman–Crippen MR) is 115 cm³/mol. The minimum absolute atomic E-state index is 0.00247. The van der Waals surface area contributed by atoms with E-state index < -0.39 is 0 Å². The Morgan fingerprint density at radius 2 is 1.48 bits per heavy atom. The third kappa shape index (κ3) is 5.57. The fraction of sp³-hybridized carbons (Fsp3) is 0.391. The number of likely N-dealkylation sites (N-methyl/N-ethyl adjacent to an activating group) is 1. The monoisotopic (exact) mass is 396 g/mol. The van der Waals surface area contributed by atoms with Gasteiger partial charge >= 0.3 is 0 Å². The lowest BCUT2D eigenvalue weighted by Gasteiger charge is -2.35. The standard InChI is InChI=1S/C23H29N3O3/c1-26(2,20-6-4-5-7-20)16-22(27)24-18-10-8-17(9-11-18)23(28)25-19-12-14-21(29-3)15-13-19/h8-15,20H,4-7,16H2,1-3H3,(H-,24,25,27,28)/p+1. The second-order valence-electron chi connectivity index (χ2n) is 8.18. The van der Waals surface area contributed by atoms with Crippen LogP contribution in [0.25, 0.3) is 0 Å². The normalized spacial score (nSPS) is 14.4. The van der Waals surface area contributed by atoms with E-state index in [2.05, 4.69) is 24.7 Å². The van der Waals surface area contributed by atoms with Gasteiger partial charge in [-0.2, -0.15) is 0 Å². The fourth-order valence-electron chi connectivity index (χ4n) is 3.89. The number of ether oxygens (including phenoxy) is 1. The minimum Gasteiger partial charge on any atom is -0.497 e. The van der Waals surface area contributed by atoms with Crippen molar-refractivity contribution in [2.45, 2.75) is 31.7 Å². The minimum atomic E-state index is -0.202. The number of anilines is 2. The molecule has 1 saturated carbocycles. The quantitative estimate of drug-likeness (QED) is 0.698. The molecule has 0 atom stereocenters. The average Bonchev–Trinajstić information content (AvgIpc) is 3.24. The van der Waals surface area contributed by atoms with Crippen molar-refractivity contribution in [3.05, 3.63) is 54.1 Å². The van der Waals surface area contributed by atoms with Gasteiger partial charge in [0.15, 0.2) is 6.54 Å². The molecule has 1 aliphatic rings. The second-order valence-corrected chi connectivity index (χ2v) is 8.18. The summed E-state index contributed by atoms with van der Waals surface area (Å²) >= 11 is 0. The average molecular weight is 397 g/mol. The van der Waals surface area contributed by atoms with Crippen molar-refractivity contribution in [1.82, 2.24) is 0 Å². The molecule has 6 heteroatoms. The molecule has 0 saturated heterocycles. The third-order valence-electron chi connectivity index (χ3n) is 5.64. The zero-order valence-electron chi connectivity index (χ0n) is 17.4. The van der Waals surface area contributed by atoms with Crippen LogP contribution in [0.3, 0.4) is 0 Å². The Bertz CT molecular complexity index is 839. The van der Waals surface area contributed by atoms with Crippen molar-refractivity contribution in [2.24, 2.45) is 0 Å². The summed E-state index contributed by atoms with van der Waals surface area (Å²) in [4.78, 5) is 24.9. The molecule has 0 heterocycles. The van der Waals surface area contributed by atoms with E-state index in [1.807, 2.05) is 0 Å². The number of rotatable bonds is 7. The van der Waals surface area contributed by atoms with Crippen molar-refractivity contribution in [2.75, 3.05) is 38.4 Å². The largest absolute Gasteiger partial charge is 0.497 e. The van der Waals surface area contributed by atoms with Crippen LogP contribution >= 0.6 is 0 Å². The van der Waals surface area contributed by atoms with Crippen LogP contribution in [0.15, 0.2) is 48.5 Å². The van der Waals surface area contributed by atoms with E-state index in [4.69, 9.17) is 4.74 Å². The Morgan fingerprint density at radius 3 is 2.07 bits per heavy atom. The van der Waals surface area contributed by atoms with E-state index in [1.54, 1.807) is 55.6 Å². The molecule has 1 fully saturated rings. The van der Waals surface area contributed by atoms with E-state index in [-0.39, 0.29) is 11.8 Å². The van der Waals surface area contributed by atoms with Crippen molar-refractivity contribution in [3.63, 3.8) is 0 Å². The molecule has 2 aromatic carbocycles. The number of amides is 2. The molecule has 1 aliphatic carbocycles. The highest BCUT2D eigenvalue weighted by Gasteiger charge is 2.32. The topological polar surface area (TPSA) is 67.4 Å². The van der Waals surface area contributed by atoms with Gasteiger partial charge < -0.3 is 19.9 Å². The Hall–Kier alpha value is -2.86. The Kier molecular flexibility index (Phi) is 6.54. The molecule has 2 amide bonds. The maximum absolute atomic E-state index is 12.5. The van der Waals surface area contributed by atoms with Crippen LogP contribution in [0, 0.1) is 0 Å². The molecule has 0 unspecified atom stereocenters. The van der Waals surface area contributed by atoms with E-state index in [0.29, 0.717) is 34.0 Å². The number of nitrogens with one attached hydrogen (secondary N) is 2. The van der Waals surface area contributed by atoms with E-state index >= 15 is 0 Å². The van der Waals surface area contributed by atoms with Gasteiger partial charge in [0.05, 0.1) is 27.2 Å². The number of carbonyl (C=O) groups is 2. The molecule has 0 aromatic heterocycles. The zero-order chi connectivity index (χ0) is 20.9. The van der Waals surface area contributed by atoms with Gasteiger partial charge in [-0.25, -0.2) is 0 Å². The number of hydrogen-bond acceptors (Lipinski definition) is 3. The Balaban J connectivity index is 1.54. The highest BCUT2D eigenvalue weighted by molar-refractivity contribution is 6.04. The molecule has 29 heavy (non-hydrogen) atoms. The molecule has 0 bridgehead atoms. The summed E-state index contributed by atoms with van der Waals surface area (Å²) in [6.45, 7) is 0.449. The number of quaternary nitrogens is 1. The first-order valence-electron chi connectivity index (χ1n) is 10.1. The molecule has 0 radical (unpaired) electrons. The van der Waals surface area contributed by atoms with Crippen molar-refractivity contribution in [3.8, 4) is 5.75 Å². The van der Waals surface area contributed by atoms with Gasteiger partial charge in [0.1, 0.15) is 5.75 Å². The van der Waals surface area contributed by atoms with Crippen molar-refractivity contribution >= 4 is 23.2 Å². The lowest BCUT2D eigenvalue weighted by Crippen LogP contribution is -2.51. The third-order valence-corrected chi connectivity index (χ3v) is 5.64. The first-order chi connectivity index (χ1) is 13.9. The van der Waals surface area contributed by atoms with Gasteiger partial charge in [-0.1, -0.05) is 0 Å². The number of hydrogen-bond donors (Lipinski definition) is 2. The number of benzene rings is 2. The maximum Gasteiger partial charge on any atom is 0.279 e. The van der Waals surface area contributed by atoms with Gasteiger partial charge in [-0.3, -0.25) is 9.59 Å². The van der Waals surface area contributed by atoms with E-state index in [1.165, 1.54) is 25.7 Å². The van der Waals surface area contributed by atoms with Gasteiger partial charge in [-0.15, -0.1) is 0 Å². The summed E-state index contributed by atoms with van der Waals surface area (Å²) in [6, 6.07) is 14.7. The smallest absolute Gasteiger partial charge is 0.279 e. The van der Waals surface area contributed by atoms with Gasteiger partial charge in [0.25, 0.3) is 11.8 Å². The maximum atomic E-state index is 12.5. The molecule has 2 aromatic rings. The number of nitrogens with zero attached hydrogens (tertiary/aromatic N) is 1. The van der Waals surface area contributed by atoms with Gasteiger partial charge in [-0.05, 0) is 74.2 Å². The summed E-state index contributed by atoms with van der Waals surface area (Å²) in [6.07, 6.45) is 4.90. The molecule has 0 aliphatic heterocycles.